The zero-order valence-corrected chi connectivity index (χ0v) is 15.9. The zero-order valence-electron chi connectivity index (χ0n) is 15.9. The van der Waals surface area contributed by atoms with Gasteiger partial charge in [0.1, 0.15) is 0 Å². The average Bonchev–Trinajstić information content (AvgIpc) is 3.01. The van der Waals surface area contributed by atoms with Crippen LogP contribution in [0.25, 0.3) is 0 Å². The Morgan fingerprint density at radius 3 is 2.43 bits per heavy atom. The first-order valence-electron chi connectivity index (χ1n) is 9.84. The van der Waals surface area contributed by atoms with Gasteiger partial charge < -0.3 is 15.1 Å². The van der Waals surface area contributed by atoms with E-state index >= 15 is 0 Å². The van der Waals surface area contributed by atoms with Crippen molar-refractivity contribution in [2.45, 2.75) is 76.0 Å². The summed E-state index contributed by atoms with van der Waals surface area (Å²) in [5.41, 5.74) is 0.282. The lowest BCUT2D eigenvalue weighted by atomic mass is 9.93. The Kier molecular flexibility index (Phi) is 5.67. The Labute approximate surface area is 143 Å². The molecule has 134 valence electrons. The van der Waals surface area contributed by atoms with Gasteiger partial charge in [-0.3, -0.25) is 4.90 Å². The maximum Gasteiger partial charge on any atom is 0.0277 e. The van der Waals surface area contributed by atoms with Crippen molar-refractivity contribution in [1.29, 1.82) is 0 Å². The van der Waals surface area contributed by atoms with Crippen molar-refractivity contribution in [3.05, 3.63) is 0 Å². The molecule has 3 heterocycles. The van der Waals surface area contributed by atoms with Crippen molar-refractivity contribution < 1.29 is 0 Å². The summed E-state index contributed by atoms with van der Waals surface area (Å²) in [6.07, 6.45) is 8.20. The van der Waals surface area contributed by atoms with E-state index in [9.17, 15) is 0 Å². The molecule has 0 aromatic rings. The lowest BCUT2D eigenvalue weighted by Crippen LogP contribution is -2.57. The number of fused-ring (bicyclic) bond motifs is 1. The van der Waals surface area contributed by atoms with E-state index in [2.05, 4.69) is 48.0 Å². The molecule has 0 saturated carbocycles. The summed E-state index contributed by atoms with van der Waals surface area (Å²) < 4.78 is 0. The Morgan fingerprint density at radius 1 is 1.00 bits per heavy atom. The molecule has 2 atom stereocenters. The van der Waals surface area contributed by atoms with Gasteiger partial charge in [0, 0.05) is 43.3 Å². The zero-order chi connectivity index (χ0) is 16.4. The van der Waals surface area contributed by atoms with Crippen LogP contribution in [0, 0.1) is 0 Å². The van der Waals surface area contributed by atoms with Gasteiger partial charge in [-0.2, -0.15) is 0 Å². The average molecular weight is 323 g/mol. The topological polar surface area (TPSA) is 21.8 Å². The standard InChI is InChI=1S/C19H38N4/c1-19(2,23-12-8-17(9-13-23)21(3)4)15-20-16-7-11-22-10-5-6-18(22)14-16/h16-18,20H,5-15H2,1-4H3/t16-,18+/m1/s1. The predicted octanol–water partition coefficient (Wildman–Crippen LogP) is 2.01. The van der Waals surface area contributed by atoms with Gasteiger partial charge in [0.25, 0.3) is 0 Å². The molecule has 3 aliphatic heterocycles. The third-order valence-corrected chi connectivity index (χ3v) is 6.69. The van der Waals surface area contributed by atoms with Crippen LogP contribution in [-0.4, -0.2) is 85.2 Å². The van der Waals surface area contributed by atoms with Crippen LogP contribution in [-0.2, 0) is 0 Å². The maximum atomic E-state index is 3.93. The highest BCUT2D eigenvalue weighted by Crippen LogP contribution is 2.28. The smallest absolute Gasteiger partial charge is 0.0277 e. The second kappa shape index (κ2) is 7.38. The molecule has 1 N–H and O–H groups in total. The van der Waals surface area contributed by atoms with Crippen molar-refractivity contribution in [1.82, 2.24) is 20.0 Å². The van der Waals surface area contributed by atoms with Crippen molar-refractivity contribution in [3.63, 3.8) is 0 Å². The number of nitrogens with zero attached hydrogens (tertiary/aromatic N) is 3. The van der Waals surface area contributed by atoms with E-state index in [1.165, 1.54) is 64.7 Å². The van der Waals surface area contributed by atoms with Gasteiger partial charge in [0.2, 0.25) is 0 Å². The number of likely N-dealkylation sites (tertiary alicyclic amines) is 1. The van der Waals surface area contributed by atoms with Gasteiger partial charge in [-0.25, -0.2) is 0 Å². The SMILES string of the molecule is CN(C)C1CCN(C(C)(C)CN[C@@H]2CCN3CCC[C@H]3C2)CC1. The van der Waals surface area contributed by atoms with Crippen LogP contribution in [0.1, 0.15) is 52.4 Å². The van der Waals surface area contributed by atoms with E-state index in [1.54, 1.807) is 0 Å². The van der Waals surface area contributed by atoms with Gasteiger partial charge in [0.05, 0.1) is 0 Å². The van der Waals surface area contributed by atoms with E-state index in [1.807, 2.05) is 0 Å². The van der Waals surface area contributed by atoms with Gasteiger partial charge in [-0.15, -0.1) is 0 Å². The number of piperidine rings is 2. The minimum absolute atomic E-state index is 0.282. The lowest BCUT2D eigenvalue weighted by molar-refractivity contribution is 0.0567. The largest absolute Gasteiger partial charge is 0.312 e. The molecule has 0 unspecified atom stereocenters. The normalized spacial score (nSPS) is 31.7. The van der Waals surface area contributed by atoms with Crippen LogP contribution in [0.4, 0.5) is 0 Å². The van der Waals surface area contributed by atoms with Crippen LogP contribution in [0.15, 0.2) is 0 Å². The fourth-order valence-corrected chi connectivity index (χ4v) is 4.90. The number of nitrogens with one attached hydrogen (secondary N) is 1. The number of hydrogen-bond acceptors (Lipinski definition) is 4. The molecular formula is C19H38N4. The first-order valence-corrected chi connectivity index (χ1v) is 9.84. The molecule has 0 aromatic heterocycles. The molecule has 3 saturated heterocycles. The summed E-state index contributed by atoms with van der Waals surface area (Å²) in [6, 6.07) is 2.40. The molecule has 4 nitrogen and oxygen atoms in total. The monoisotopic (exact) mass is 322 g/mol. The Hall–Kier alpha value is -0.160. The minimum Gasteiger partial charge on any atom is -0.312 e. The third kappa shape index (κ3) is 4.28. The predicted molar refractivity (Wildman–Crippen MR) is 98.0 cm³/mol. The van der Waals surface area contributed by atoms with E-state index in [0.717, 1.165) is 24.7 Å². The first kappa shape index (κ1) is 17.7. The van der Waals surface area contributed by atoms with Crippen LogP contribution < -0.4 is 5.32 Å². The highest BCUT2D eigenvalue weighted by atomic mass is 15.2. The van der Waals surface area contributed by atoms with Gasteiger partial charge in [0.15, 0.2) is 0 Å². The fourth-order valence-electron chi connectivity index (χ4n) is 4.90. The molecule has 0 aromatic carbocycles. The van der Waals surface area contributed by atoms with Crippen LogP contribution >= 0.6 is 0 Å². The van der Waals surface area contributed by atoms with Gasteiger partial charge in [-0.05, 0) is 79.6 Å². The molecule has 23 heavy (non-hydrogen) atoms. The van der Waals surface area contributed by atoms with Crippen molar-refractivity contribution in [3.8, 4) is 0 Å². The Morgan fingerprint density at radius 2 is 1.74 bits per heavy atom. The van der Waals surface area contributed by atoms with E-state index in [0.29, 0.717) is 0 Å². The minimum atomic E-state index is 0.282. The molecule has 3 fully saturated rings. The number of rotatable bonds is 5. The molecule has 3 aliphatic rings. The molecule has 0 radical (unpaired) electrons. The summed E-state index contributed by atoms with van der Waals surface area (Å²) in [5.74, 6) is 0. The first-order chi connectivity index (χ1) is 11.0. The molecule has 3 rings (SSSR count). The lowest BCUT2D eigenvalue weighted by Gasteiger charge is -2.45. The molecule has 0 aliphatic carbocycles. The third-order valence-electron chi connectivity index (χ3n) is 6.69. The molecule has 0 spiro atoms. The van der Waals surface area contributed by atoms with Crippen molar-refractivity contribution in [2.24, 2.45) is 0 Å². The van der Waals surface area contributed by atoms with E-state index in [4.69, 9.17) is 0 Å². The fraction of sp³-hybridized carbons (Fsp3) is 1.00. The Balaban J connectivity index is 1.43. The van der Waals surface area contributed by atoms with Crippen LogP contribution in [0.2, 0.25) is 0 Å². The van der Waals surface area contributed by atoms with Crippen LogP contribution in [0.3, 0.4) is 0 Å². The Bertz CT molecular complexity index is 374. The second-order valence-corrected chi connectivity index (χ2v) is 8.93. The quantitative estimate of drug-likeness (QED) is 0.836. The number of hydrogen-bond donors (Lipinski definition) is 1. The van der Waals surface area contributed by atoms with Gasteiger partial charge >= 0.3 is 0 Å². The van der Waals surface area contributed by atoms with Gasteiger partial charge in [-0.1, -0.05) is 0 Å². The molecule has 0 amide bonds. The summed E-state index contributed by atoms with van der Waals surface area (Å²) in [5, 5.41) is 3.93. The molecular weight excluding hydrogens is 284 g/mol. The van der Waals surface area contributed by atoms with Crippen molar-refractivity contribution in [2.75, 3.05) is 46.8 Å². The summed E-state index contributed by atoms with van der Waals surface area (Å²) in [7, 11) is 4.45. The highest BCUT2D eigenvalue weighted by Gasteiger charge is 2.34. The van der Waals surface area contributed by atoms with E-state index < -0.39 is 0 Å². The van der Waals surface area contributed by atoms with Crippen LogP contribution in [0.5, 0.6) is 0 Å². The summed E-state index contributed by atoms with van der Waals surface area (Å²) >= 11 is 0. The molecule has 4 heteroatoms. The second-order valence-electron chi connectivity index (χ2n) is 8.93. The maximum absolute atomic E-state index is 3.93. The summed E-state index contributed by atoms with van der Waals surface area (Å²) in [4.78, 5) is 7.83. The van der Waals surface area contributed by atoms with Crippen molar-refractivity contribution >= 4 is 0 Å². The highest BCUT2D eigenvalue weighted by molar-refractivity contribution is 4.93. The summed E-state index contributed by atoms with van der Waals surface area (Å²) in [6.45, 7) is 11.2. The molecule has 0 bridgehead atoms. The van der Waals surface area contributed by atoms with E-state index in [-0.39, 0.29) is 5.54 Å².